The molecule has 2 aromatic carbocycles. The second kappa shape index (κ2) is 10.4. The number of benzene rings is 2. The Hall–Kier alpha value is -2.93. The molecule has 7 nitrogen and oxygen atoms in total. The number of hydrogen-bond donors (Lipinski definition) is 1. The van der Waals surface area contributed by atoms with Crippen molar-refractivity contribution in [2.75, 3.05) is 41.0 Å². The van der Waals surface area contributed by atoms with Crippen molar-refractivity contribution in [3.63, 3.8) is 0 Å². The first-order valence-corrected chi connectivity index (χ1v) is 10.5. The van der Waals surface area contributed by atoms with Crippen LogP contribution in [0.2, 0.25) is 0 Å². The third kappa shape index (κ3) is 5.05. The molecule has 1 heterocycles. The summed E-state index contributed by atoms with van der Waals surface area (Å²) in [5, 5.41) is 9.61. The van der Waals surface area contributed by atoms with E-state index >= 15 is 0 Å². The van der Waals surface area contributed by atoms with Gasteiger partial charge in [0.2, 0.25) is 5.75 Å². The van der Waals surface area contributed by atoms with Gasteiger partial charge in [-0.25, -0.2) is 0 Å². The molecule has 168 valence electrons. The van der Waals surface area contributed by atoms with Crippen molar-refractivity contribution >= 4 is 5.97 Å². The molecule has 7 heteroatoms. The molecule has 3 rings (SSSR count). The molecule has 2 unspecified atom stereocenters. The molecule has 0 spiro atoms. The Balaban J connectivity index is 2.08. The van der Waals surface area contributed by atoms with Crippen LogP contribution in [0.3, 0.4) is 0 Å². The first kappa shape index (κ1) is 22.7. The average molecular weight is 430 g/mol. The maximum Gasteiger partial charge on any atom is 0.307 e. The zero-order valence-corrected chi connectivity index (χ0v) is 18.6. The van der Waals surface area contributed by atoms with E-state index in [9.17, 15) is 9.90 Å². The molecular formula is C24H31NO6. The van der Waals surface area contributed by atoms with Crippen molar-refractivity contribution in [2.45, 2.75) is 25.8 Å². The molecule has 0 saturated carbocycles. The number of nitrogens with zero attached hydrogens (tertiary/aromatic N) is 1. The van der Waals surface area contributed by atoms with Crippen LogP contribution in [-0.2, 0) is 4.79 Å². The average Bonchev–Trinajstić information content (AvgIpc) is 2.80. The highest BCUT2D eigenvalue weighted by molar-refractivity contribution is 5.70. The Morgan fingerprint density at radius 1 is 1.06 bits per heavy atom. The molecule has 0 aromatic heterocycles. The summed E-state index contributed by atoms with van der Waals surface area (Å²) < 4.78 is 22.2. The second-order valence-electron chi connectivity index (χ2n) is 7.54. The lowest BCUT2D eigenvalue weighted by Crippen LogP contribution is -2.41. The highest BCUT2D eigenvalue weighted by Gasteiger charge is 2.32. The lowest BCUT2D eigenvalue weighted by atomic mass is 9.91. The number of rotatable bonds is 9. The minimum absolute atomic E-state index is 0.161. The minimum Gasteiger partial charge on any atom is -0.494 e. The Morgan fingerprint density at radius 2 is 1.71 bits per heavy atom. The zero-order valence-electron chi connectivity index (χ0n) is 18.6. The number of aliphatic carboxylic acids is 1. The fraction of sp³-hybridized carbons (Fsp3) is 0.458. The number of ether oxygens (including phenoxy) is 4. The summed E-state index contributed by atoms with van der Waals surface area (Å²) >= 11 is 0. The Kier molecular flexibility index (Phi) is 7.63. The van der Waals surface area contributed by atoms with Crippen molar-refractivity contribution in [3.8, 4) is 23.0 Å². The van der Waals surface area contributed by atoms with Gasteiger partial charge in [-0.15, -0.1) is 0 Å². The van der Waals surface area contributed by atoms with E-state index in [1.807, 2.05) is 43.3 Å². The van der Waals surface area contributed by atoms with Crippen LogP contribution in [0.15, 0.2) is 36.4 Å². The van der Waals surface area contributed by atoms with Gasteiger partial charge in [0.15, 0.2) is 11.5 Å². The summed E-state index contributed by atoms with van der Waals surface area (Å²) in [5.41, 5.74) is 1.99. The van der Waals surface area contributed by atoms with Gasteiger partial charge in [0, 0.05) is 6.54 Å². The molecule has 0 bridgehead atoms. The van der Waals surface area contributed by atoms with Crippen molar-refractivity contribution < 1.29 is 28.8 Å². The number of hydrogen-bond acceptors (Lipinski definition) is 6. The van der Waals surface area contributed by atoms with Gasteiger partial charge in [-0.2, -0.15) is 0 Å². The normalized spacial score (nSPS) is 17.6. The van der Waals surface area contributed by atoms with E-state index in [1.165, 1.54) is 0 Å². The van der Waals surface area contributed by atoms with Crippen LogP contribution >= 0.6 is 0 Å². The molecule has 1 N–H and O–H groups in total. The van der Waals surface area contributed by atoms with Crippen LogP contribution in [0.1, 0.15) is 36.9 Å². The van der Waals surface area contributed by atoms with Gasteiger partial charge in [-0.1, -0.05) is 12.1 Å². The summed E-state index contributed by atoms with van der Waals surface area (Å²) in [6.45, 7) is 3.83. The quantitative estimate of drug-likeness (QED) is 0.646. The van der Waals surface area contributed by atoms with Crippen LogP contribution in [0.5, 0.6) is 23.0 Å². The van der Waals surface area contributed by atoms with Gasteiger partial charge in [-0.05, 0) is 61.7 Å². The van der Waals surface area contributed by atoms with Crippen LogP contribution in [0.4, 0.5) is 0 Å². The summed E-state index contributed by atoms with van der Waals surface area (Å²) in [5.74, 6) is 1.33. The van der Waals surface area contributed by atoms with Crippen LogP contribution in [0, 0.1) is 5.92 Å². The Bertz CT molecular complexity index is 857. The minimum atomic E-state index is -0.750. The maximum absolute atomic E-state index is 11.7. The van der Waals surface area contributed by atoms with Crippen molar-refractivity contribution in [3.05, 3.63) is 47.5 Å². The van der Waals surface area contributed by atoms with E-state index in [2.05, 4.69) is 4.90 Å². The molecule has 1 aliphatic rings. The summed E-state index contributed by atoms with van der Waals surface area (Å²) in [6.07, 6.45) is 1.52. The standard InChI is InChI=1S/C24H31NO6/c1-5-31-19-10-8-16(9-11-19)22(25-12-6-7-17(15-25)24(26)27)18-13-20(28-2)23(30-4)21(14-18)29-3/h8-11,13-14,17,22H,5-7,12,15H2,1-4H3,(H,26,27). The summed E-state index contributed by atoms with van der Waals surface area (Å²) in [4.78, 5) is 13.9. The SMILES string of the molecule is CCOc1ccc(C(c2cc(OC)c(OC)c(OC)c2)N2CCCC(C(=O)O)C2)cc1. The third-order valence-electron chi connectivity index (χ3n) is 5.68. The number of piperidine rings is 1. The van der Waals surface area contributed by atoms with Crippen molar-refractivity contribution in [2.24, 2.45) is 5.92 Å². The monoisotopic (exact) mass is 429 g/mol. The predicted molar refractivity (Wildman–Crippen MR) is 117 cm³/mol. The van der Waals surface area contributed by atoms with Gasteiger partial charge < -0.3 is 24.1 Å². The largest absolute Gasteiger partial charge is 0.494 e. The van der Waals surface area contributed by atoms with Crippen LogP contribution < -0.4 is 18.9 Å². The Labute approximate surface area is 183 Å². The molecule has 1 aliphatic heterocycles. The second-order valence-corrected chi connectivity index (χ2v) is 7.54. The highest BCUT2D eigenvalue weighted by Crippen LogP contribution is 2.43. The van der Waals surface area contributed by atoms with Gasteiger partial charge in [-0.3, -0.25) is 9.69 Å². The van der Waals surface area contributed by atoms with Gasteiger partial charge in [0.25, 0.3) is 0 Å². The third-order valence-corrected chi connectivity index (χ3v) is 5.68. The Morgan fingerprint density at radius 3 is 2.23 bits per heavy atom. The fourth-order valence-electron chi connectivity index (χ4n) is 4.23. The number of methoxy groups -OCH3 is 3. The number of likely N-dealkylation sites (tertiary alicyclic amines) is 1. The molecule has 0 radical (unpaired) electrons. The molecular weight excluding hydrogens is 398 g/mol. The van der Waals surface area contributed by atoms with Crippen molar-refractivity contribution in [1.82, 2.24) is 4.90 Å². The van der Waals surface area contributed by atoms with E-state index in [0.717, 1.165) is 29.8 Å². The topological polar surface area (TPSA) is 77.5 Å². The lowest BCUT2D eigenvalue weighted by molar-refractivity contribution is -0.143. The van der Waals surface area contributed by atoms with E-state index < -0.39 is 5.97 Å². The highest BCUT2D eigenvalue weighted by atomic mass is 16.5. The predicted octanol–water partition coefficient (Wildman–Crippen LogP) is 4.00. The molecule has 31 heavy (non-hydrogen) atoms. The molecule has 0 amide bonds. The smallest absolute Gasteiger partial charge is 0.307 e. The zero-order chi connectivity index (χ0) is 22.4. The van der Waals surface area contributed by atoms with Crippen LogP contribution in [0.25, 0.3) is 0 Å². The van der Waals surface area contributed by atoms with Gasteiger partial charge >= 0.3 is 5.97 Å². The number of carbonyl (C=O) groups is 1. The van der Waals surface area contributed by atoms with Crippen molar-refractivity contribution in [1.29, 1.82) is 0 Å². The summed E-state index contributed by atoms with van der Waals surface area (Å²) in [6, 6.07) is 11.7. The van der Waals surface area contributed by atoms with E-state index in [-0.39, 0.29) is 12.0 Å². The number of carboxylic acids is 1. The van der Waals surface area contributed by atoms with Crippen LogP contribution in [-0.4, -0.2) is 57.0 Å². The van der Waals surface area contributed by atoms with Gasteiger partial charge in [0.05, 0.1) is 39.9 Å². The van der Waals surface area contributed by atoms with Gasteiger partial charge in [0.1, 0.15) is 5.75 Å². The first-order valence-electron chi connectivity index (χ1n) is 10.5. The van der Waals surface area contributed by atoms with E-state index in [4.69, 9.17) is 18.9 Å². The molecule has 2 atom stereocenters. The number of carboxylic acid groups (broad SMARTS) is 1. The maximum atomic E-state index is 11.7. The lowest BCUT2D eigenvalue weighted by Gasteiger charge is -2.38. The fourth-order valence-corrected chi connectivity index (χ4v) is 4.23. The molecule has 0 aliphatic carbocycles. The van der Waals surface area contributed by atoms with E-state index in [1.54, 1.807) is 21.3 Å². The first-order chi connectivity index (χ1) is 15.0. The van der Waals surface area contributed by atoms with E-state index in [0.29, 0.717) is 36.8 Å². The molecule has 1 saturated heterocycles. The molecule has 2 aromatic rings. The molecule has 1 fully saturated rings. The summed E-state index contributed by atoms with van der Waals surface area (Å²) in [7, 11) is 4.76.